The first-order valence-corrected chi connectivity index (χ1v) is 10.7. The van der Waals surface area contributed by atoms with Gasteiger partial charge in [0.2, 0.25) is 5.91 Å². The van der Waals surface area contributed by atoms with E-state index in [4.69, 9.17) is 9.84 Å². The number of ether oxygens (including phenoxy) is 1. The van der Waals surface area contributed by atoms with Gasteiger partial charge in [-0.2, -0.15) is 10.1 Å². The van der Waals surface area contributed by atoms with Gasteiger partial charge in [0.25, 0.3) is 0 Å². The standard InChI is InChI=1S/C23H30N4O3/c1-15-7-9-16(10-8-15)22-19-12-11-17(30-14-21(28)24-2)5-4-6-18(19)20-13-26(3)23(29)27(20)25-22/h7-10,17,19H,4-6,11-14H2,1-3H3,(H,24,28). The van der Waals surface area contributed by atoms with E-state index in [1.807, 2.05) is 7.05 Å². The van der Waals surface area contributed by atoms with Crippen LogP contribution in [0.15, 0.2) is 40.6 Å². The molecule has 30 heavy (non-hydrogen) atoms. The van der Waals surface area contributed by atoms with E-state index in [2.05, 4.69) is 36.5 Å². The van der Waals surface area contributed by atoms with Gasteiger partial charge in [0.05, 0.1) is 24.1 Å². The number of aryl methyl sites for hydroxylation is 1. The number of carbonyl (C=O) groups is 2. The normalized spacial score (nSPS) is 24.1. The molecule has 2 heterocycles. The second-order valence-electron chi connectivity index (χ2n) is 8.40. The second kappa shape index (κ2) is 8.60. The number of nitrogens with zero attached hydrogens (tertiary/aromatic N) is 3. The minimum absolute atomic E-state index is 0.0607. The number of carbonyl (C=O) groups excluding carboxylic acids is 2. The van der Waals surface area contributed by atoms with Crippen molar-refractivity contribution in [2.24, 2.45) is 11.0 Å². The summed E-state index contributed by atoms with van der Waals surface area (Å²) in [6.45, 7) is 2.79. The number of rotatable bonds is 4. The van der Waals surface area contributed by atoms with Crippen molar-refractivity contribution in [3.8, 4) is 0 Å². The summed E-state index contributed by atoms with van der Waals surface area (Å²) >= 11 is 0. The molecule has 0 radical (unpaired) electrons. The molecule has 7 heteroatoms. The summed E-state index contributed by atoms with van der Waals surface area (Å²) in [5, 5.41) is 9.07. The Morgan fingerprint density at radius 1 is 1.23 bits per heavy atom. The van der Waals surface area contributed by atoms with Gasteiger partial charge in [-0.1, -0.05) is 29.8 Å². The zero-order chi connectivity index (χ0) is 21.3. The van der Waals surface area contributed by atoms with Crippen LogP contribution < -0.4 is 5.32 Å². The molecule has 1 aliphatic carbocycles. The molecule has 2 atom stereocenters. The fourth-order valence-corrected chi connectivity index (χ4v) is 4.58. The molecule has 2 unspecified atom stereocenters. The van der Waals surface area contributed by atoms with Crippen molar-refractivity contribution in [2.75, 3.05) is 27.2 Å². The third-order valence-electron chi connectivity index (χ3n) is 6.31. The Balaban J connectivity index is 1.63. The van der Waals surface area contributed by atoms with Crippen LogP contribution in [0.2, 0.25) is 0 Å². The van der Waals surface area contributed by atoms with Gasteiger partial charge in [-0.05, 0) is 50.2 Å². The molecule has 0 aromatic heterocycles. The number of allylic oxidation sites excluding steroid dienone is 1. The van der Waals surface area contributed by atoms with E-state index < -0.39 is 0 Å². The molecule has 1 saturated carbocycles. The molecular formula is C23H30N4O3. The highest BCUT2D eigenvalue weighted by atomic mass is 16.5. The van der Waals surface area contributed by atoms with E-state index >= 15 is 0 Å². The van der Waals surface area contributed by atoms with Crippen molar-refractivity contribution >= 4 is 17.6 Å². The lowest BCUT2D eigenvalue weighted by atomic mass is 9.78. The van der Waals surface area contributed by atoms with Crippen molar-refractivity contribution < 1.29 is 14.3 Å². The van der Waals surface area contributed by atoms with Crippen LogP contribution in [0.25, 0.3) is 0 Å². The van der Waals surface area contributed by atoms with Crippen LogP contribution in [0.4, 0.5) is 4.79 Å². The highest BCUT2D eigenvalue weighted by Crippen LogP contribution is 2.40. The number of amides is 3. The topological polar surface area (TPSA) is 74.2 Å². The summed E-state index contributed by atoms with van der Waals surface area (Å²) in [4.78, 5) is 26.0. The highest BCUT2D eigenvalue weighted by Gasteiger charge is 2.40. The number of hydrogen-bond donors (Lipinski definition) is 1. The number of hydrazone groups is 1. The van der Waals surface area contributed by atoms with E-state index in [1.165, 1.54) is 11.1 Å². The predicted molar refractivity (Wildman–Crippen MR) is 115 cm³/mol. The molecule has 1 aromatic rings. The maximum Gasteiger partial charge on any atom is 0.345 e. The van der Waals surface area contributed by atoms with Crippen molar-refractivity contribution in [1.29, 1.82) is 0 Å². The summed E-state index contributed by atoms with van der Waals surface area (Å²) in [6.07, 6.45) is 4.65. The smallest absolute Gasteiger partial charge is 0.345 e. The van der Waals surface area contributed by atoms with Gasteiger partial charge in [-0.15, -0.1) is 0 Å². The molecule has 3 amide bonds. The molecule has 2 fully saturated rings. The van der Waals surface area contributed by atoms with Crippen LogP contribution in [0.5, 0.6) is 0 Å². The van der Waals surface area contributed by atoms with Gasteiger partial charge in [0, 0.05) is 20.0 Å². The summed E-state index contributed by atoms with van der Waals surface area (Å²) in [5.41, 5.74) is 5.61. The summed E-state index contributed by atoms with van der Waals surface area (Å²) in [5.74, 6) is 0.0762. The first kappa shape index (κ1) is 20.6. The maximum atomic E-state index is 12.7. The first-order chi connectivity index (χ1) is 14.5. The summed E-state index contributed by atoms with van der Waals surface area (Å²) < 4.78 is 5.89. The van der Waals surface area contributed by atoms with Gasteiger partial charge in [0.1, 0.15) is 6.61 Å². The van der Waals surface area contributed by atoms with Gasteiger partial charge in [-0.3, -0.25) is 4.79 Å². The molecule has 0 spiro atoms. The molecule has 1 N–H and O–H groups in total. The van der Waals surface area contributed by atoms with E-state index in [1.54, 1.807) is 17.0 Å². The first-order valence-electron chi connectivity index (χ1n) is 10.7. The van der Waals surface area contributed by atoms with Crippen LogP contribution in [0, 0.1) is 12.8 Å². The van der Waals surface area contributed by atoms with Gasteiger partial charge in [0.15, 0.2) is 0 Å². The zero-order valence-corrected chi connectivity index (χ0v) is 18.0. The number of fused-ring (bicyclic) bond motifs is 2. The van der Waals surface area contributed by atoms with Gasteiger partial charge < -0.3 is 15.0 Å². The minimum atomic E-state index is -0.0948. The Kier molecular flexibility index (Phi) is 5.90. The SMILES string of the molecule is CNC(=O)COC1CCCC2=C3CN(C)C(=O)N3N=C(c3ccc(C)cc3)C2CC1. The molecular weight excluding hydrogens is 380 g/mol. The van der Waals surface area contributed by atoms with Crippen molar-refractivity contribution in [1.82, 2.24) is 15.2 Å². The lowest BCUT2D eigenvalue weighted by molar-refractivity contribution is -0.127. The monoisotopic (exact) mass is 410 g/mol. The van der Waals surface area contributed by atoms with Gasteiger partial charge >= 0.3 is 6.03 Å². The van der Waals surface area contributed by atoms with Crippen molar-refractivity contribution in [3.63, 3.8) is 0 Å². The summed E-state index contributed by atoms with van der Waals surface area (Å²) in [6, 6.07) is 8.31. The van der Waals surface area contributed by atoms with E-state index in [0.717, 1.165) is 49.1 Å². The largest absolute Gasteiger partial charge is 0.368 e. The Bertz CT molecular complexity index is 890. The van der Waals surface area contributed by atoms with Crippen LogP contribution in [-0.2, 0) is 9.53 Å². The predicted octanol–water partition coefficient (Wildman–Crippen LogP) is 3.05. The minimum Gasteiger partial charge on any atom is -0.368 e. The van der Waals surface area contributed by atoms with Crippen molar-refractivity contribution in [3.05, 3.63) is 46.7 Å². The molecule has 7 nitrogen and oxygen atoms in total. The highest BCUT2D eigenvalue weighted by molar-refractivity contribution is 6.05. The van der Waals surface area contributed by atoms with E-state index in [9.17, 15) is 9.59 Å². The molecule has 160 valence electrons. The van der Waals surface area contributed by atoms with Crippen LogP contribution in [0.3, 0.4) is 0 Å². The zero-order valence-electron chi connectivity index (χ0n) is 18.0. The number of likely N-dealkylation sites (N-methyl/N-ethyl adjacent to an activating group) is 2. The Morgan fingerprint density at radius 2 is 2.00 bits per heavy atom. The second-order valence-corrected chi connectivity index (χ2v) is 8.40. The summed E-state index contributed by atoms with van der Waals surface area (Å²) in [7, 11) is 3.45. The van der Waals surface area contributed by atoms with Crippen LogP contribution in [0.1, 0.15) is 43.2 Å². The average molecular weight is 411 g/mol. The van der Waals surface area contributed by atoms with E-state index in [0.29, 0.717) is 6.54 Å². The van der Waals surface area contributed by atoms with Crippen LogP contribution >= 0.6 is 0 Å². The Morgan fingerprint density at radius 3 is 2.73 bits per heavy atom. The fraction of sp³-hybridized carbons (Fsp3) is 0.522. The number of hydrogen-bond acceptors (Lipinski definition) is 4. The van der Waals surface area contributed by atoms with Gasteiger partial charge in [-0.25, -0.2) is 4.79 Å². The molecule has 1 saturated heterocycles. The molecule has 1 aromatic carbocycles. The molecule has 0 bridgehead atoms. The third-order valence-corrected chi connectivity index (χ3v) is 6.31. The third kappa shape index (κ3) is 3.99. The number of urea groups is 1. The molecule has 3 aliphatic rings. The Hall–Kier alpha value is -2.67. The van der Waals surface area contributed by atoms with E-state index in [-0.39, 0.29) is 30.6 Å². The average Bonchev–Trinajstić information content (AvgIpc) is 3.01. The lowest BCUT2D eigenvalue weighted by Gasteiger charge is -2.34. The molecule has 4 rings (SSSR count). The number of benzene rings is 1. The lowest BCUT2D eigenvalue weighted by Crippen LogP contribution is -2.35. The maximum absolute atomic E-state index is 12.7. The molecule has 2 aliphatic heterocycles. The van der Waals surface area contributed by atoms with Crippen molar-refractivity contribution in [2.45, 2.75) is 45.1 Å². The Labute approximate surface area is 177 Å². The van der Waals surface area contributed by atoms with Crippen LogP contribution in [-0.4, -0.2) is 60.9 Å². The number of nitrogens with one attached hydrogen (secondary N) is 1. The fourth-order valence-electron chi connectivity index (χ4n) is 4.58. The quantitative estimate of drug-likeness (QED) is 0.829.